The maximum atomic E-state index is 12.8. The number of esters is 1. The van der Waals surface area contributed by atoms with Crippen LogP contribution in [-0.4, -0.2) is 45.2 Å². The first-order valence-electron chi connectivity index (χ1n) is 10.2. The van der Waals surface area contributed by atoms with E-state index >= 15 is 0 Å². The number of hydrogen-bond donors (Lipinski definition) is 4. The van der Waals surface area contributed by atoms with Gasteiger partial charge in [0.15, 0.2) is 0 Å². The molecular formula is C23H30O6. The number of benzene rings is 1. The van der Waals surface area contributed by atoms with E-state index in [1.54, 1.807) is 6.92 Å². The number of rotatable bonds is 3. The van der Waals surface area contributed by atoms with Crippen molar-refractivity contribution in [2.45, 2.75) is 59.2 Å². The van der Waals surface area contributed by atoms with Gasteiger partial charge in [0.2, 0.25) is 0 Å². The lowest BCUT2D eigenvalue weighted by Gasteiger charge is -2.57. The minimum Gasteiger partial charge on any atom is -0.508 e. The number of carbonyl (C=O) groups is 1. The second-order valence-corrected chi connectivity index (χ2v) is 10.1. The molecule has 0 heterocycles. The Hall–Kier alpha value is -2.05. The van der Waals surface area contributed by atoms with Crippen LogP contribution in [0.5, 0.6) is 11.5 Å². The van der Waals surface area contributed by atoms with Crippen LogP contribution in [0.25, 0.3) is 0 Å². The van der Waals surface area contributed by atoms with Gasteiger partial charge in [-0.2, -0.15) is 0 Å². The Kier molecular flexibility index (Phi) is 4.52. The van der Waals surface area contributed by atoms with E-state index in [0.29, 0.717) is 17.6 Å². The summed E-state index contributed by atoms with van der Waals surface area (Å²) < 4.78 is 5.73. The molecule has 2 saturated carbocycles. The molecule has 1 aromatic carbocycles. The Labute approximate surface area is 170 Å². The van der Waals surface area contributed by atoms with Crippen LogP contribution in [0, 0.1) is 29.6 Å². The SMILES string of the molecule is Cc1cc(O)cc(O)c1C(=O)O[C@@H]1C[C@@]2(C)C1=C(CO)[C@@H](O)[C@@H]1CC(C)(C)C[C@@H]12. The molecule has 0 unspecified atom stereocenters. The number of aryl methyl sites for hydroxylation is 1. The van der Waals surface area contributed by atoms with E-state index in [1.165, 1.54) is 6.07 Å². The number of carbonyl (C=O) groups excluding carboxylic acids is 1. The number of phenolic OH excluding ortho intramolecular Hbond substituents is 2. The average Bonchev–Trinajstić information content (AvgIpc) is 2.92. The molecule has 0 bridgehead atoms. The summed E-state index contributed by atoms with van der Waals surface area (Å²) in [5, 5.41) is 40.7. The van der Waals surface area contributed by atoms with Crippen LogP contribution in [0.4, 0.5) is 0 Å². The highest BCUT2D eigenvalue weighted by Gasteiger charge is 2.63. The molecule has 0 amide bonds. The molecule has 1 aromatic rings. The van der Waals surface area contributed by atoms with E-state index in [0.717, 1.165) is 24.5 Å². The molecule has 6 heteroatoms. The maximum Gasteiger partial charge on any atom is 0.342 e. The third-order valence-corrected chi connectivity index (χ3v) is 7.47. The first-order chi connectivity index (χ1) is 13.5. The Bertz CT molecular complexity index is 878. The van der Waals surface area contributed by atoms with Crippen molar-refractivity contribution >= 4 is 5.97 Å². The number of ether oxygens (including phenoxy) is 1. The molecule has 4 rings (SSSR count). The van der Waals surface area contributed by atoms with Gasteiger partial charge in [-0.3, -0.25) is 0 Å². The number of aromatic hydroxyl groups is 2. The van der Waals surface area contributed by atoms with Crippen LogP contribution in [0.3, 0.4) is 0 Å². The van der Waals surface area contributed by atoms with E-state index in [2.05, 4.69) is 20.8 Å². The van der Waals surface area contributed by atoms with E-state index in [4.69, 9.17) is 4.74 Å². The van der Waals surface area contributed by atoms with Crippen molar-refractivity contribution in [3.05, 3.63) is 34.4 Å². The molecule has 0 aromatic heterocycles. The van der Waals surface area contributed by atoms with Crippen molar-refractivity contribution in [1.29, 1.82) is 0 Å². The third-order valence-electron chi connectivity index (χ3n) is 7.47. The number of phenols is 2. The molecule has 5 atom stereocenters. The molecule has 4 N–H and O–H groups in total. The van der Waals surface area contributed by atoms with Crippen molar-refractivity contribution in [3.63, 3.8) is 0 Å². The predicted octanol–water partition coefficient (Wildman–Crippen LogP) is 3.06. The van der Waals surface area contributed by atoms with Crippen molar-refractivity contribution in [1.82, 2.24) is 0 Å². The van der Waals surface area contributed by atoms with Crippen molar-refractivity contribution in [2.75, 3.05) is 6.61 Å². The number of aliphatic hydroxyl groups excluding tert-OH is 2. The smallest absolute Gasteiger partial charge is 0.342 e. The fraction of sp³-hybridized carbons (Fsp3) is 0.609. The molecule has 2 fully saturated rings. The van der Waals surface area contributed by atoms with Gasteiger partial charge in [0.1, 0.15) is 23.2 Å². The van der Waals surface area contributed by atoms with E-state index < -0.39 is 18.2 Å². The van der Waals surface area contributed by atoms with Gasteiger partial charge in [-0.1, -0.05) is 20.8 Å². The molecule has 29 heavy (non-hydrogen) atoms. The molecule has 0 saturated heterocycles. The lowest BCUT2D eigenvalue weighted by atomic mass is 9.49. The number of hydrogen-bond acceptors (Lipinski definition) is 6. The van der Waals surface area contributed by atoms with Gasteiger partial charge in [-0.15, -0.1) is 0 Å². The van der Waals surface area contributed by atoms with Crippen LogP contribution in [-0.2, 0) is 4.74 Å². The lowest BCUT2D eigenvalue weighted by molar-refractivity contribution is -0.0571. The Morgan fingerprint density at radius 1 is 1.17 bits per heavy atom. The first kappa shape index (κ1) is 20.2. The van der Waals surface area contributed by atoms with Gasteiger partial charge in [-0.25, -0.2) is 4.79 Å². The average molecular weight is 402 g/mol. The van der Waals surface area contributed by atoms with Gasteiger partial charge >= 0.3 is 5.97 Å². The molecule has 0 spiro atoms. The van der Waals surface area contributed by atoms with Gasteiger partial charge in [0, 0.05) is 6.07 Å². The standard InChI is InChI=1S/C23H30O6/c1-11-5-12(25)6-16(26)18(11)21(28)29-17-9-23(4)15-8-22(2,3)7-13(15)20(27)14(10-24)19(17)23/h5-6,13,15,17,20,24-27H,7-10H2,1-4H3/t13-,15+,17-,20+,23-/m1/s1. The number of aliphatic hydroxyl groups is 2. The molecule has 3 aliphatic carbocycles. The van der Waals surface area contributed by atoms with Crippen LogP contribution < -0.4 is 0 Å². The number of fused-ring (bicyclic) bond motifs is 3. The molecule has 158 valence electrons. The zero-order chi connectivity index (χ0) is 21.3. The summed E-state index contributed by atoms with van der Waals surface area (Å²) in [5.74, 6) is -0.715. The summed E-state index contributed by atoms with van der Waals surface area (Å²) in [6.07, 6.45) is 1.29. The van der Waals surface area contributed by atoms with Crippen LogP contribution >= 0.6 is 0 Å². The lowest BCUT2D eigenvalue weighted by Crippen LogP contribution is -2.56. The monoisotopic (exact) mass is 402 g/mol. The summed E-state index contributed by atoms with van der Waals surface area (Å²) in [7, 11) is 0. The normalized spacial score (nSPS) is 35.0. The predicted molar refractivity (Wildman–Crippen MR) is 107 cm³/mol. The molecule has 3 aliphatic rings. The summed E-state index contributed by atoms with van der Waals surface area (Å²) in [4.78, 5) is 12.8. The highest BCUT2D eigenvalue weighted by molar-refractivity contribution is 5.94. The summed E-state index contributed by atoms with van der Waals surface area (Å²) >= 11 is 0. The minimum atomic E-state index is -0.722. The van der Waals surface area contributed by atoms with Crippen LogP contribution in [0.15, 0.2) is 23.3 Å². The van der Waals surface area contributed by atoms with Gasteiger partial charge in [-0.05, 0) is 71.6 Å². The van der Waals surface area contributed by atoms with E-state index in [1.807, 2.05) is 0 Å². The van der Waals surface area contributed by atoms with E-state index in [9.17, 15) is 25.2 Å². The minimum absolute atomic E-state index is 0.0267. The Morgan fingerprint density at radius 2 is 1.86 bits per heavy atom. The van der Waals surface area contributed by atoms with Crippen molar-refractivity contribution in [3.8, 4) is 11.5 Å². The summed E-state index contributed by atoms with van der Waals surface area (Å²) in [5.41, 5.74) is 1.81. The summed E-state index contributed by atoms with van der Waals surface area (Å²) in [6.45, 7) is 7.94. The second kappa shape index (κ2) is 6.47. The van der Waals surface area contributed by atoms with Crippen molar-refractivity contribution in [2.24, 2.45) is 22.7 Å². The van der Waals surface area contributed by atoms with E-state index in [-0.39, 0.29) is 46.3 Å². The quantitative estimate of drug-likeness (QED) is 0.457. The highest BCUT2D eigenvalue weighted by Crippen LogP contribution is 2.66. The van der Waals surface area contributed by atoms with Gasteiger partial charge in [0.25, 0.3) is 0 Å². The molecule has 0 radical (unpaired) electrons. The Balaban J connectivity index is 1.64. The van der Waals surface area contributed by atoms with Gasteiger partial charge < -0.3 is 25.2 Å². The fourth-order valence-corrected chi connectivity index (χ4v) is 6.30. The maximum absolute atomic E-state index is 12.8. The largest absolute Gasteiger partial charge is 0.508 e. The summed E-state index contributed by atoms with van der Waals surface area (Å²) in [6, 6.07) is 2.51. The van der Waals surface area contributed by atoms with Crippen LogP contribution in [0.2, 0.25) is 0 Å². The zero-order valence-electron chi connectivity index (χ0n) is 17.4. The Morgan fingerprint density at radius 3 is 2.48 bits per heavy atom. The highest BCUT2D eigenvalue weighted by atomic mass is 16.5. The van der Waals surface area contributed by atoms with Crippen LogP contribution in [0.1, 0.15) is 56.0 Å². The molecule has 6 nitrogen and oxygen atoms in total. The fourth-order valence-electron chi connectivity index (χ4n) is 6.30. The second-order valence-electron chi connectivity index (χ2n) is 10.1. The first-order valence-corrected chi connectivity index (χ1v) is 10.2. The molecular weight excluding hydrogens is 372 g/mol. The third kappa shape index (κ3) is 2.96. The van der Waals surface area contributed by atoms with Crippen molar-refractivity contribution < 1.29 is 30.0 Å². The molecule has 0 aliphatic heterocycles. The topological polar surface area (TPSA) is 107 Å². The zero-order valence-corrected chi connectivity index (χ0v) is 17.4. The van der Waals surface area contributed by atoms with Gasteiger partial charge in [0.05, 0.1) is 12.7 Å².